The summed E-state index contributed by atoms with van der Waals surface area (Å²) in [6.45, 7) is 0.624. The zero-order chi connectivity index (χ0) is 17.0. The first-order valence-corrected chi connectivity index (χ1v) is 7.60. The maximum atomic E-state index is 11.4. The number of hydrogen-bond acceptors (Lipinski definition) is 4. The lowest BCUT2D eigenvalue weighted by Gasteiger charge is -2.22. The predicted octanol–water partition coefficient (Wildman–Crippen LogP) is 3.67. The van der Waals surface area contributed by atoms with Crippen LogP contribution in [-0.4, -0.2) is 25.0 Å². The monoisotopic (exact) mass is 325 g/mol. The lowest BCUT2D eigenvalue weighted by molar-refractivity contribution is -0.132. The fraction of sp³-hybridized carbons (Fsp3) is 0.278. The van der Waals surface area contributed by atoms with Gasteiger partial charge in [-0.15, -0.1) is 0 Å². The zero-order valence-electron chi connectivity index (χ0n) is 13.2. The van der Waals surface area contributed by atoms with Crippen LogP contribution < -0.4 is 0 Å². The van der Waals surface area contributed by atoms with Crippen LogP contribution in [-0.2, 0) is 27.5 Å². The molecule has 0 heterocycles. The number of ether oxygens (including phenoxy) is 2. The minimum Gasteiger partial charge on any atom is -0.370 e. The minimum absolute atomic E-state index is 0.0293. The average molecular weight is 325 g/mol. The van der Waals surface area contributed by atoms with Crippen LogP contribution in [0, 0.1) is 0 Å². The lowest BCUT2D eigenvalue weighted by Crippen LogP contribution is -2.35. The Hall–Kier alpha value is -2.66. The summed E-state index contributed by atoms with van der Waals surface area (Å²) in [5, 5.41) is 3.52. The van der Waals surface area contributed by atoms with Crippen molar-refractivity contribution < 1.29 is 14.3 Å². The number of rotatable bonds is 10. The SMILES string of the molecule is [N-]=[N+]=NC[C@H](OCc1ccccc1)[C@H](C=O)OCc1ccccc1. The summed E-state index contributed by atoms with van der Waals surface area (Å²) in [5.74, 6) is 0. The first kappa shape index (κ1) is 17.7. The summed E-state index contributed by atoms with van der Waals surface area (Å²) in [6.07, 6.45) is -0.757. The Balaban J connectivity index is 1.97. The average Bonchev–Trinajstić information content (AvgIpc) is 2.65. The van der Waals surface area contributed by atoms with Gasteiger partial charge in [0.2, 0.25) is 0 Å². The third-order valence-corrected chi connectivity index (χ3v) is 3.42. The van der Waals surface area contributed by atoms with Gasteiger partial charge in [0.1, 0.15) is 6.10 Å². The molecule has 0 spiro atoms. The van der Waals surface area contributed by atoms with E-state index >= 15 is 0 Å². The second-order valence-electron chi connectivity index (χ2n) is 5.15. The molecular weight excluding hydrogens is 306 g/mol. The van der Waals surface area contributed by atoms with Crippen molar-refractivity contribution in [3.05, 3.63) is 82.2 Å². The van der Waals surface area contributed by atoms with Gasteiger partial charge in [0.15, 0.2) is 6.29 Å². The van der Waals surface area contributed by atoms with Crippen molar-refractivity contribution in [3.8, 4) is 0 Å². The van der Waals surface area contributed by atoms with E-state index in [2.05, 4.69) is 10.0 Å². The number of hydrogen-bond donors (Lipinski definition) is 0. The van der Waals surface area contributed by atoms with Crippen LogP contribution in [0.4, 0.5) is 0 Å². The molecule has 2 atom stereocenters. The molecule has 0 radical (unpaired) electrons. The van der Waals surface area contributed by atoms with Gasteiger partial charge in [-0.3, -0.25) is 0 Å². The predicted molar refractivity (Wildman–Crippen MR) is 90.1 cm³/mol. The third-order valence-electron chi connectivity index (χ3n) is 3.42. The van der Waals surface area contributed by atoms with Gasteiger partial charge in [-0.25, -0.2) is 0 Å². The Morgan fingerprint density at radius 2 is 1.50 bits per heavy atom. The number of nitrogens with zero attached hydrogens (tertiary/aromatic N) is 3. The highest BCUT2D eigenvalue weighted by Gasteiger charge is 2.22. The van der Waals surface area contributed by atoms with Crippen molar-refractivity contribution in [2.45, 2.75) is 25.4 Å². The Bertz CT molecular complexity index is 658. The maximum absolute atomic E-state index is 11.4. The largest absolute Gasteiger partial charge is 0.370 e. The molecule has 0 unspecified atom stereocenters. The fourth-order valence-corrected chi connectivity index (χ4v) is 2.15. The Morgan fingerprint density at radius 1 is 0.958 bits per heavy atom. The molecule has 0 bridgehead atoms. The van der Waals surface area contributed by atoms with E-state index in [9.17, 15) is 4.79 Å². The van der Waals surface area contributed by atoms with Crippen LogP contribution in [0.1, 0.15) is 11.1 Å². The highest BCUT2D eigenvalue weighted by atomic mass is 16.5. The van der Waals surface area contributed by atoms with Gasteiger partial charge in [-0.05, 0) is 16.7 Å². The molecule has 0 fully saturated rings. The smallest absolute Gasteiger partial charge is 0.151 e. The first-order valence-electron chi connectivity index (χ1n) is 7.60. The van der Waals surface area contributed by atoms with Crippen molar-refractivity contribution >= 4 is 6.29 Å². The van der Waals surface area contributed by atoms with Gasteiger partial charge >= 0.3 is 0 Å². The number of carbonyl (C=O) groups is 1. The second-order valence-corrected chi connectivity index (χ2v) is 5.15. The molecule has 0 saturated heterocycles. The van der Waals surface area contributed by atoms with E-state index in [4.69, 9.17) is 15.0 Å². The molecule has 0 saturated carbocycles. The molecule has 124 valence electrons. The van der Waals surface area contributed by atoms with Crippen LogP contribution in [0.25, 0.3) is 10.4 Å². The summed E-state index contributed by atoms with van der Waals surface area (Å²) >= 11 is 0. The van der Waals surface area contributed by atoms with Gasteiger partial charge in [-0.1, -0.05) is 65.8 Å². The van der Waals surface area contributed by atoms with E-state index in [0.29, 0.717) is 12.9 Å². The van der Waals surface area contributed by atoms with E-state index in [1.807, 2.05) is 60.7 Å². The zero-order valence-corrected chi connectivity index (χ0v) is 13.2. The van der Waals surface area contributed by atoms with E-state index in [1.165, 1.54) is 0 Å². The highest BCUT2D eigenvalue weighted by molar-refractivity contribution is 5.57. The molecule has 0 N–H and O–H groups in total. The highest BCUT2D eigenvalue weighted by Crippen LogP contribution is 2.11. The molecule has 24 heavy (non-hydrogen) atoms. The maximum Gasteiger partial charge on any atom is 0.151 e. The van der Waals surface area contributed by atoms with Crippen LogP contribution >= 0.6 is 0 Å². The molecule has 0 aliphatic carbocycles. The van der Waals surface area contributed by atoms with Crippen molar-refractivity contribution in [1.29, 1.82) is 0 Å². The number of benzene rings is 2. The lowest BCUT2D eigenvalue weighted by atomic mass is 10.2. The van der Waals surface area contributed by atoms with E-state index in [0.717, 1.165) is 11.1 Å². The molecule has 0 amide bonds. The normalized spacial score (nSPS) is 12.8. The Kier molecular flexibility index (Phi) is 7.50. The quantitative estimate of drug-likeness (QED) is 0.289. The number of aldehydes is 1. The minimum atomic E-state index is -0.806. The molecular formula is C18H19N3O3. The second kappa shape index (κ2) is 10.2. The summed E-state index contributed by atoms with van der Waals surface area (Å²) in [6, 6.07) is 19.1. The summed E-state index contributed by atoms with van der Waals surface area (Å²) < 4.78 is 11.4. The summed E-state index contributed by atoms with van der Waals surface area (Å²) in [4.78, 5) is 14.1. The number of carbonyl (C=O) groups excluding carboxylic acids is 1. The molecule has 2 aromatic rings. The first-order chi connectivity index (χ1) is 11.8. The Labute approximate surface area is 140 Å². The van der Waals surface area contributed by atoms with Gasteiger partial charge in [0.05, 0.1) is 25.9 Å². The van der Waals surface area contributed by atoms with Crippen LogP contribution in [0.15, 0.2) is 65.8 Å². The van der Waals surface area contributed by atoms with Crippen molar-refractivity contribution in [3.63, 3.8) is 0 Å². The van der Waals surface area contributed by atoms with Crippen molar-refractivity contribution in [2.24, 2.45) is 5.11 Å². The van der Waals surface area contributed by atoms with E-state index in [1.54, 1.807) is 0 Å². The van der Waals surface area contributed by atoms with Crippen LogP contribution in [0.3, 0.4) is 0 Å². The number of azide groups is 1. The molecule has 0 aliphatic rings. The fourth-order valence-electron chi connectivity index (χ4n) is 2.15. The molecule has 2 rings (SSSR count). The van der Waals surface area contributed by atoms with Gasteiger partial charge in [0.25, 0.3) is 0 Å². The van der Waals surface area contributed by atoms with Crippen LogP contribution in [0.5, 0.6) is 0 Å². The molecule has 2 aromatic carbocycles. The third kappa shape index (κ3) is 5.85. The van der Waals surface area contributed by atoms with Crippen molar-refractivity contribution in [1.82, 2.24) is 0 Å². The van der Waals surface area contributed by atoms with Gasteiger partial charge in [0, 0.05) is 4.91 Å². The topological polar surface area (TPSA) is 84.3 Å². The molecule has 6 heteroatoms. The summed E-state index contributed by atoms with van der Waals surface area (Å²) in [7, 11) is 0. The molecule has 0 aliphatic heterocycles. The van der Waals surface area contributed by atoms with E-state index < -0.39 is 12.2 Å². The van der Waals surface area contributed by atoms with Crippen molar-refractivity contribution in [2.75, 3.05) is 6.54 Å². The molecule has 0 aromatic heterocycles. The Morgan fingerprint density at radius 3 is 2.00 bits per heavy atom. The van der Waals surface area contributed by atoms with E-state index in [-0.39, 0.29) is 13.2 Å². The summed E-state index contributed by atoms with van der Waals surface area (Å²) in [5.41, 5.74) is 10.5. The molecule has 6 nitrogen and oxygen atoms in total. The van der Waals surface area contributed by atoms with Gasteiger partial charge < -0.3 is 14.3 Å². The van der Waals surface area contributed by atoms with Crippen LogP contribution in [0.2, 0.25) is 0 Å². The standard InChI is InChI=1S/C18H19N3O3/c19-21-20-11-17(23-13-15-7-3-1-4-8-15)18(12-22)24-14-16-9-5-2-6-10-16/h1-10,12,17-18H,11,13-14H2/t17-,18-/m0/s1. The van der Waals surface area contributed by atoms with Gasteiger partial charge in [-0.2, -0.15) is 0 Å².